The maximum atomic E-state index is 5.85. The second kappa shape index (κ2) is 3.24. The largest absolute Gasteiger partial charge is 0.396 e. The van der Waals surface area contributed by atoms with Crippen molar-refractivity contribution in [1.82, 2.24) is 9.38 Å². The first-order valence-electron chi connectivity index (χ1n) is 5.15. The maximum absolute atomic E-state index is 5.85. The van der Waals surface area contributed by atoms with E-state index in [-0.39, 0.29) is 0 Å². The number of hydrogen-bond donors (Lipinski definition) is 1. The van der Waals surface area contributed by atoms with Gasteiger partial charge >= 0.3 is 0 Å². The van der Waals surface area contributed by atoms with Crippen molar-refractivity contribution < 1.29 is 4.74 Å². The van der Waals surface area contributed by atoms with E-state index in [4.69, 9.17) is 10.5 Å². The molecular formula is C11H13N3O. The van der Waals surface area contributed by atoms with Crippen molar-refractivity contribution in [2.75, 3.05) is 18.9 Å². The Morgan fingerprint density at radius 2 is 2.47 bits per heavy atom. The zero-order chi connectivity index (χ0) is 10.3. The van der Waals surface area contributed by atoms with E-state index < -0.39 is 0 Å². The predicted molar refractivity (Wildman–Crippen MR) is 57.8 cm³/mol. The lowest BCUT2D eigenvalue weighted by molar-refractivity contribution is 0.193. The first-order valence-corrected chi connectivity index (χ1v) is 5.15. The van der Waals surface area contributed by atoms with Gasteiger partial charge in [-0.2, -0.15) is 0 Å². The van der Waals surface area contributed by atoms with E-state index in [9.17, 15) is 0 Å². The molecule has 1 saturated heterocycles. The van der Waals surface area contributed by atoms with Crippen LogP contribution in [0.2, 0.25) is 0 Å². The maximum Gasteiger partial charge on any atom is 0.160 e. The van der Waals surface area contributed by atoms with Gasteiger partial charge in [-0.1, -0.05) is 0 Å². The second-order valence-corrected chi connectivity index (χ2v) is 3.92. The van der Waals surface area contributed by atoms with E-state index in [2.05, 4.69) is 4.98 Å². The van der Waals surface area contributed by atoms with Gasteiger partial charge in [-0.15, -0.1) is 0 Å². The summed E-state index contributed by atoms with van der Waals surface area (Å²) >= 11 is 0. The van der Waals surface area contributed by atoms with Crippen LogP contribution in [0.15, 0.2) is 24.5 Å². The number of fused-ring (bicyclic) bond motifs is 1. The Labute approximate surface area is 87.7 Å². The zero-order valence-electron chi connectivity index (χ0n) is 8.39. The van der Waals surface area contributed by atoms with Crippen LogP contribution in [-0.2, 0) is 4.74 Å². The molecule has 0 radical (unpaired) electrons. The summed E-state index contributed by atoms with van der Waals surface area (Å²) in [4.78, 5) is 4.55. The van der Waals surface area contributed by atoms with Crippen molar-refractivity contribution in [2.24, 2.45) is 0 Å². The van der Waals surface area contributed by atoms with Gasteiger partial charge in [0.25, 0.3) is 0 Å². The summed E-state index contributed by atoms with van der Waals surface area (Å²) in [6.07, 6.45) is 5.08. The third-order valence-corrected chi connectivity index (χ3v) is 2.88. The fourth-order valence-electron chi connectivity index (χ4n) is 2.02. The molecule has 0 spiro atoms. The normalized spacial score (nSPS) is 21.2. The SMILES string of the molecule is Nc1cccn2cc(C3CCOC3)nc12. The minimum Gasteiger partial charge on any atom is -0.396 e. The lowest BCUT2D eigenvalue weighted by Gasteiger charge is -2.00. The third kappa shape index (κ3) is 1.37. The number of hydrogen-bond acceptors (Lipinski definition) is 3. The van der Waals surface area contributed by atoms with Crippen molar-refractivity contribution in [3.05, 3.63) is 30.2 Å². The highest BCUT2D eigenvalue weighted by Gasteiger charge is 2.20. The van der Waals surface area contributed by atoms with E-state index in [0.29, 0.717) is 5.92 Å². The molecule has 0 aromatic carbocycles. The fraction of sp³-hybridized carbons (Fsp3) is 0.364. The van der Waals surface area contributed by atoms with Gasteiger partial charge in [0.1, 0.15) is 0 Å². The fourth-order valence-corrected chi connectivity index (χ4v) is 2.02. The van der Waals surface area contributed by atoms with Crippen LogP contribution in [0.4, 0.5) is 5.69 Å². The number of imidazole rings is 1. The molecule has 1 unspecified atom stereocenters. The molecule has 0 aliphatic carbocycles. The van der Waals surface area contributed by atoms with Gasteiger partial charge in [0.05, 0.1) is 18.0 Å². The minimum atomic E-state index is 0.435. The minimum absolute atomic E-state index is 0.435. The summed E-state index contributed by atoms with van der Waals surface area (Å²) in [6, 6.07) is 3.80. The van der Waals surface area contributed by atoms with Crippen molar-refractivity contribution in [1.29, 1.82) is 0 Å². The summed E-state index contributed by atoms with van der Waals surface area (Å²) in [5.74, 6) is 0.435. The number of ether oxygens (including phenoxy) is 1. The van der Waals surface area contributed by atoms with Crippen LogP contribution in [0, 0.1) is 0 Å². The highest BCUT2D eigenvalue weighted by Crippen LogP contribution is 2.25. The molecular weight excluding hydrogens is 190 g/mol. The van der Waals surface area contributed by atoms with Crippen LogP contribution in [-0.4, -0.2) is 22.6 Å². The van der Waals surface area contributed by atoms with Gasteiger partial charge in [-0.05, 0) is 18.6 Å². The first-order chi connectivity index (χ1) is 7.34. The third-order valence-electron chi connectivity index (χ3n) is 2.88. The Morgan fingerprint density at radius 3 is 3.20 bits per heavy atom. The standard InChI is InChI=1S/C11H13N3O/c12-9-2-1-4-14-6-10(13-11(9)14)8-3-5-15-7-8/h1-2,4,6,8H,3,5,7,12H2. The molecule has 0 bridgehead atoms. The monoisotopic (exact) mass is 203 g/mol. The topological polar surface area (TPSA) is 52.5 Å². The molecule has 3 rings (SSSR count). The van der Waals surface area contributed by atoms with E-state index in [1.165, 1.54) is 0 Å². The Bertz CT molecular complexity index is 486. The predicted octanol–water partition coefficient (Wildman–Crippen LogP) is 1.42. The highest BCUT2D eigenvalue weighted by atomic mass is 16.5. The summed E-state index contributed by atoms with van der Waals surface area (Å²) < 4.78 is 7.33. The summed E-state index contributed by atoms with van der Waals surface area (Å²) in [7, 11) is 0. The molecule has 78 valence electrons. The first kappa shape index (κ1) is 8.73. The summed E-state index contributed by atoms with van der Waals surface area (Å²) in [5.41, 5.74) is 8.51. The zero-order valence-corrected chi connectivity index (χ0v) is 8.39. The molecule has 1 aliphatic heterocycles. The Morgan fingerprint density at radius 1 is 1.53 bits per heavy atom. The van der Waals surface area contributed by atoms with Gasteiger partial charge in [-0.25, -0.2) is 4.98 Å². The van der Waals surface area contributed by atoms with E-state index in [1.807, 2.05) is 28.9 Å². The molecule has 0 amide bonds. The van der Waals surface area contributed by atoms with Crippen LogP contribution < -0.4 is 5.73 Å². The van der Waals surface area contributed by atoms with Crippen LogP contribution >= 0.6 is 0 Å². The van der Waals surface area contributed by atoms with Gasteiger partial charge in [0.2, 0.25) is 0 Å². The van der Waals surface area contributed by atoms with Crippen LogP contribution in [0.25, 0.3) is 5.65 Å². The van der Waals surface area contributed by atoms with Crippen LogP contribution in [0.3, 0.4) is 0 Å². The van der Waals surface area contributed by atoms with Crippen LogP contribution in [0.5, 0.6) is 0 Å². The lowest BCUT2D eigenvalue weighted by atomic mass is 10.1. The number of nitrogens with zero attached hydrogens (tertiary/aromatic N) is 2. The number of nitrogen functional groups attached to an aromatic ring is 1. The van der Waals surface area contributed by atoms with Crippen molar-refractivity contribution in [3.8, 4) is 0 Å². The molecule has 0 saturated carbocycles. The Kier molecular flexibility index (Phi) is 1.89. The molecule has 4 heteroatoms. The Hall–Kier alpha value is -1.55. The second-order valence-electron chi connectivity index (χ2n) is 3.92. The van der Waals surface area contributed by atoms with Gasteiger partial charge in [0, 0.05) is 24.9 Å². The average Bonchev–Trinajstić information content (AvgIpc) is 2.86. The quantitative estimate of drug-likeness (QED) is 0.762. The van der Waals surface area contributed by atoms with Gasteiger partial charge < -0.3 is 14.9 Å². The summed E-state index contributed by atoms with van der Waals surface area (Å²) in [5, 5.41) is 0. The van der Waals surface area contributed by atoms with Crippen molar-refractivity contribution >= 4 is 11.3 Å². The smallest absolute Gasteiger partial charge is 0.160 e. The van der Waals surface area contributed by atoms with Crippen LogP contribution in [0.1, 0.15) is 18.0 Å². The Balaban J connectivity index is 2.09. The van der Waals surface area contributed by atoms with Gasteiger partial charge in [0.15, 0.2) is 5.65 Å². The molecule has 1 aliphatic rings. The number of nitrogens with two attached hydrogens (primary N) is 1. The van der Waals surface area contributed by atoms with E-state index in [0.717, 1.165) is 36.7 Å². The molecule has 3 heterocycles. The average molecular weight is 203 g/mol. The number of aromatic nitrogens is 2. The van der Waals surface area contributed by atoms with E-state index >= 15 is 0 Å². The molecule has 1 fully saturated rings. The summed E-state index contributed by atoms with van der Waals surface area (Å²) in [6.45, 7) is 1.62. The van der Waals surface area contributed by atoms with Crippen molar-refractivity contribution in [3.63, 3.8) is 0 Å². The highest BCUT2D eigenvalue weighted by molar-refractivity contribution is 5.64. The molecule has 2 N–H and O–H groups in total. The molecule has 4 nitrogen and oxygen atoms in total. The van der Waals surface area contributed by atoms with Crippen molar-refractivity contribution in [2.45, 2.75) is 12.3 Å². The number of anilines is 1. The lowest BCUT2D eigenvalue weighted by Crippen LogP contribution is -1.97. The number of rotatable bonds is 1. The molecule has 1 atom stereocenters. The van der Waals surface area contributed by atoms with E-state index in [1.54, 1.807) is 0 Å². The van der Waals surface area contributed by atoms with Gasteiger partial charge in [-0.3, -0.25) is 0 Å². The molecule has 2 aromatic heterocycles. The molecule has 2 aromatic rings. The molecule has 15 heavy (non-hydrogen) atoms. The number of pyridine rings is 1.